The third-order valence-electron chi connectivity index (χ3n) is 3.77. The summed E-state index contributed by atoms with van der Waals surface area (Å²) in [6.45, 7) is 0.776. The summed E-state index contributed by atoms with van der Waals surface area (Å²) in [4.78, 5) is 5.82. The van der Waals surface area contributed by atoms with Crippen LogP contribution in [0.5, 0.6) is 0 Å². The first-order chi connectivity index (χ1) is 9.11. The molecule has 0 unspecified atom stereocenters. The zero-order chi connectivity index (χ0) is 13.8. The molecule has 5 heteroatoms. The van der Waals surface area contributed by atoms with E-state index < -0.39 is 11.6 Å². The molecular weight excluding hydrogens is 248 g/mol. The molecule has 1 fully saturated rings. The minimum atomic E-state index is -0.658. The maximum Gasteiger partial charge on any atom is 0.168 e. The first kappa shape index (κ1) is 14.0. The van der Waals surface area contributed by atoms with Crippen LogP contribution in [0, 0.1) is 17.6 Å². The quantitative estimate of drug-likeness (QED) is 0.907. The van der Waals surface area contributed by atoms with E-state index in [0.717, 1.165) is 12.6 Å². The number of hydrogen-bond acceptors (Lipinski definition) is 3. The molecule has 3 nitrogen and oxygen atoms in total. The van der Waals surface area contributed by atoms with Gasteiger partial charge in [0, 0.05) is 26.7 Å². The summed E-state index contributed by atoms with van der Waals surface area (Å²) >= 11 is 0. The minimum absolute atomic E-state index is 0.0897. The fourth-order valence-electron chi connectivity index (χ4n) is 2.74. The Bertz CT molecular complexity index is 431. The van der Waals surface area contributed by atoms with Gasteiger partial charge in [-0.25, -0.2) is 13.8 Å². The lowest BCUT2D eigenvalue weighted by Gasteiger charge is -2.28. The maximum atomic E-state index is 13.8. The van der Waals surface area contributed by atoms with Gasteiger partial charge in [0.1, 0.15) is 0 Å². The zero-order valence-electron chi connectivity index (χ0n) is 11.5. The number of nitrogens with zero attached hydrogens (tertiary/aromatic N) is 2. The Hall–Kier alpha value is -1.39. The Morgan fingerprint density at radius 1 is 1.26 bits per heavy atom. The Morgan fingerprint density at radius 3 is 2.58 bits per heavy atom. The SMILES string of the molecule is CNc1nc(N(C)CC2CCCCC2)c(F)cc1F. The summed E-state index contributed by atoms with van der Waals surface area (Å²) in [6.07, 6.45) is 6.17. The van der Waals surface area contributed by atoms with E-state index in [1.807, 2.05) is 7.05 Å². The third kappa shape index (κ3) is 3.33. The lowest BCUT2D eigenvalue weighted by atomic mass is 9.89. The smallest absolute Gasteiger partial charge is 0.168 e. The summed E-state index contributed by atoms with van der Waals surface area (Å²) in [5.41, 5.74) is 0. The van der Waals surface area contributed by atoms with E-state index in [9.17, 15) is 8.78 Å². The van der Waals surface area contributed by atoms with E-state index in [1.165, 1.54) is 32.1 Å². The van der Waals surface area contributed by atoms with Gasteiger partial charge in [-0.3, -0.25) is 0 Å². The lowest BCUT2D eigenvalue weighted by molar-refractivity contribution is 0.360. The largest absolute Gasteiger partial charge is 0.371 e. The van der Waals surface area contributed by atoms with Crippen molar-refractivity contribution in [2.75, 3.05) is 30.9 Å². The molecule has 106 valence electrons. The highest BCUT2D eigenvalue weighted by Crippen LogP contribution is 2.27. The number of anilines is 2. The van der Waals surface area contributed by atoms with E-state index in [-0.39, 0.29) is 11.6 Å². The van der Waals surface area contributed by atoms with Crippen LogP contribution in [0.1, 0.15) is 32.1 Å². The van der Waals surface area contributed by atoms with Crippen molar-refractivity contribution in [2.45, 2.75) is 32.1 Å². The van der Waals surface area contributed by atoms with Crippen LogP contribution >= 0.6 is 0 Å². The molecular formula is C14H21F2N3. The van der Waals surface area contributed by atoms with Gasteiger partial charge in [0.2, 0.25) is 0 Å². The molecule has 0 spiro atoms. The fraction of sp³-hybridized carbons (Fsp3) is 0.643. The zero-order valence-corrected chi connectivity index (χ0v) is 11.5. The van der Waals surface area contributed by atoms with Gasteiger partial charge in [-0.2, -0.15) is 0 Å². The van der Waals surface area contributed by atoms with E-state index in [2.05, 4.69) is 10.3 Å². The van der Waals surface area contributed by atoms with Crippen molar-refractivity contribution in [3.05, 3.63) is 17.7 Å². The minimum Gasteiger partial charge on any atom is -0.371 e. The first-order valence-electron chi connectivity index (χ1n) is 6.86. The highest BCUT2D eigenvalue weighted by Gasteiger charge is 2.19. The van der Waals surface area contributed by atoms with Crippen LogP contribution in [-0.2, 0) is 0 Å². The third-order valence-corrected chi connectivity index (χ3v) is 3.77. The van der Waals surface area contributed by atoms with Crippen LogP contribution in [0.2, 0.25) is 0 Å². The summed E-state index contributed by atoms with van der Waals surface area (Å²) in [7, 11) is 3.39. The Balaban J connectivity index is 2.11. The Morgan fingerprint density at radius 2 is 1.95 bits per heavy atom. The molecule has 1 heterocycles. The molecule has 0 aliphatic heterocycles. The molecule has 0 amide bonds. The Labute approximate surface area is 113 Å². The number of halogens is 2. The van der Waals surface area contributed by atoms with Crippen LogP contribution in [0.25, 0.3) is 0 Å². The van der Waals surface area contributed by atoms with Crippen molar-refractivity contribution >= 4 is 11.6 Å². The molecule has 1 aromatic rings. The van der Waals surface area contributed by atoms with Gasteiger partial charge in [-0.15, -0.1) is 0 Å². The highest BCUT2D eigenvalue weighted by atomic mass is 19.1. The molecule has 0 atom stereocenters. The number of rotatable bonds is 4. The number of hydrogen-bond donors (Lipinski definition) is 1. The first-order valence-corrected chi connectivity index (χ1v) is 6.86. The fourth-order valence-corrected chi connectivity index (χ4v) is 2.74. The standard InChI is InChI=1S/C14H21F2N3/c1-17-13-11(15)8-12(16)14(18-13)19(2)9-10-6-4-3-5-7-10/h8,10H,3-7,9H2,1-2H3,(H,17,18). The lowest BCUT2D eigenvalue weighted by Crippen LogP contribution is -2.28. The van der Waals surface area contributed by atoms with Crippen LogP contribution in [0.15, 0.2) is 6.07 Å². The molecule has 1 aliphatic rings. The normalized spacial score (nSPS) is 16.4. The average molecular weight is 269 g/mol. The van der Waals surface area contributed by atoms with Gasteiger partial charge in [0.25, 0.3) is 0 Å². The van der Waals surface area contributed by atoms with Crippen molar-refractivity contribution in [3.63, 3.8) is 0 Å². The summed E-state index contributed by atoms with van der Waals surface area (Å²) in [5, 5.41) is 2.64. The van der Waals surface area contributed by atoms with Crippen molar-refractivity contribution in [1.29, 1.82) is 0 Å². The second-order valence-electron chi connectivity index (χ2n) is 5.26. The van der Waals surface area contributed by atoms with Crippen LogP contribution in [-0.4, -0.2) is 25.6 Å². The summed E-state index contributed by atoms with van der Waals surface area (Å²) in [5.74, 6) is -0.365. The van der Waals surface area contributed by atoms with Gasteiger partial charge in [0.05, 0.1) is 0 Å². The van der Waals surface area contributed by atoms with Gasteiger partial charge >= 0.3 is 0 Å². The predicted octanol–water partition coefficient (Wildman–Crippen LogP) is 3.42. The molecule has 2 rings (SSSR count). The van der Waals surface area contributed by atoms with Crippen LogP contribution < -0.4 is 10.2 Å². The molecule has 0 radical (unpaired) electrons. The van der Waals surface area contributed by atoms with Crippen molar-refractivity contribution < 1.29 is 8.78 Å². The maximum absolute atomic E-state index is 13.8. The summed E-state index contributed by atoms with van der Waals surface area (Å²) in [6, 6.07) is 0.894. The summed E-state index contributed by atoms with van der Waals surface area (Å²) < 4.78 is 27.2. The van der Waals surface area contributed by atoms with Crippen molar-refractivity contribution in [2.24, 2.45) is 5.92 Å². The second-order valence-corrected chi connectivity index (χ2v) is 5.26. The van der Waals surface area contributed by atoms with E-state index in [4.69, 9.17) is 0 Å². The van der Waals surface area contributed by atoms with Crippen LogP contribution in [0.3, 0.4) is 0 Å². The van der Waals surface area contributed by atoms with Gasteiger partial charge in [-0.1, -0.05) is 19.3 Å². The van der Waals surface area contributed by atoms with E-state index in [0.29, 0.717) is 5.92 Å². The molecule has 19 heavy (non-hydrogen) atoms. The van der Waals surface area contributed by atoms with Crippen molar-refractivity contribution in [1.82, 2.24) is 4.98 Å². The number of nitrogens with one attached hydrogen (secondary N) is 1. The number of aromatic nitrogens is 1. The van der Waals surface area contributed by atoms with Gasteiger partial charge in [-0.05, 0) is 18.8 Å². The molecule has 0 bridgehead atoms. The van der Waals surface area contributed by atoms with Gasteiger partial charge < -0.3 is 10.2 Å². The van der Waals surface area contributed by atoms with Crippen LogP contribution in [0.4, 0.5) is 20.4 Å². The average Bonchev–Trinajstić information content (AvgIpc) is 2.40. The molecule has 0 saturated heterocycles. The molecule has 1 aromatic heterocycles. The van der Waals surface area contributed by atoms with Gasteiger partial charge in [0.15, 0.2) is 23.3 Å². The van der Waals surface area contributed by atoms with E-state index in [1.54, 1.807) is 11.9 Å². The predicted molar refractivity (Wildman–Crippen MR) is 73.5 cm³/mol. The second kappa shape index (κ2) is 6.17. The molecule has 1 aliphatic carbocycles. The Kier molecular flexibility index (Phi) is 4.56. The molecule has 1 N–H and O–H groups in total. The topological polar surface area (TPSA) is 28.2 Å². The molecule has 1 saturated carbocycles. The monoisotopic (exact) mass is 269 g/mol. The molecule has 0 aromatic carbocycles. The van der Waals surface area contributed by atoms with E-state index >= 15 is 0 Å². The van der Waals surface area contributed by atoms with Crippen molar-refractivity contribution in [3.8, 4) is 0 Å². The highest BCUT2D eigenvalue weighted by molar-refractivity contribution is 5.48. The number of pyridine rings is 1.